The summed E-state index contributed by atoms with van der Waals surface area (Å²) in [6, 6.07) is 9.57. The van der Waals surface area contributed by atoms with E-state index in [0.717, 1.165) is 10.9 Å². The van der Waals surface area contributed by atoms with Crippen molar-refractivity contribution in [3.8, 4) is 5.75 Å². The number of nitrogens with zero attached hydrogens (tertiary/aromatic N) is 1. The average Bonchev–Trinajstić information content (AvgIpc) is 2.36. The molecule has 1 aromatic heterocycles. The lowest BCUT2D eigenvalue weighted by molar-refractivity contribution is -0.145. The molecule has 0 atom stereocenters. The number of rotatable bonds is 4. The molecule has 0 spiro atoms. The van der Waals surface area contributed by atoms with Crippen LogP contribution in [0.4, 0.5) is 0 Å². The maximum absolute atomic E-state index is 11.1. The fourth-order valence-corrected chi connectivity index (χ4v) is 1.47. The molecule has 0 N–H and O–H groups in total. The Hall–Kier alpha value is -2.10. The molecule has 0 saturated heterocycles. The largest absolute Gasteiger partial charge is 0.480 e. The third kappa shape index (κ3) is 2.93. The Morgan fingerprint density at radius 2 is 2.18 bits per heavy atom. The molecule has 1 heterocycles. The molecule has 1 aromatic carbocycles. The Morgan fingerprint density at radius 1 is 1.35 bits per heavy atom. The predicted molar refractivity (Wildman–Crippen MR) is 63.9 cm³/mol. The molecule has 17 heavy (non-hydrogen) atoms. The van der Waals surface area contributed by atoms with Crippen molar-refractivity contribution in [2.24, 2.45) is 0 Å². The first-order valence-electron chi connectivity index (χ1n) is 5.43. The van der Waals surface area contributed by atoms with Crippen LogP contribution in [0, 0.1) is 0 Å². The number of benzene rings is 1. The van der Waals surface area contributed by atoms with Crippen molar-refractivity contribution >= 4 is 16.9 Å². The summed E-state index contributed by atoms with van der Waals surface area (Å²) in [6.45, 7) is 2.03. The lowest BCUT2D eigenvalue weighted by Crippen LogP contribution is -2.14. The van der Waals surface area contributed by atoms with E-state index >= 15 is 0 Å². The number of fused-ring (bicyclic) bond motifs is 1. The van der Waals surface area contributed by atoms with Crippen molar-refractivity contribution in [2.45, 2.75) is 6.92 Å². The number of hydrogen-bond donors (Lipinski definition) is 0. The molecule has 0 aliphatic carbocycles. The quantitative estimate of drug-likeness (QED) is 0.757. The lowest BCUT2D eigenvalue weighted by Gasteiger charge is -2.06. The second-order valence-electron chi connectivity index (χ2n) is 3.46. The van der Waals surface area contributed by atoms with E-state index in [9.17, 15) is 4.79 Å². The standard InChI is InChI=1S/C13H13NO3/c1-2-16-13(15)9-17-11-7-10-5-3-4-6-12(10)14-8-11/h3-8H,2,9H2,1H3. The summed E-state index contributed by atoms with van der Waals surface area (Å²) < 4.78 is 10.1. The van der Waals surface area contributed by atoms with Crippen molar-refractivity contribution in [2.75, 3.05) is 13.2 Å². The van der Waals surface area contributed by atoms with Crippen LogP contribution in [-0.4, -0.2) is 24.2 Å². The normalized spacial score (nSPS) is 10.2. The first-order valence-corrected chi connectivity index (χ1v) is 5.43. The minimum atomic E-state index is -0.374. The molecule has 0 aliphatic heterocycles. The molecule has 4 heteroatoms. The van der Waals surface area contributed by atoms with Crippen LogP contribution in [0.5, 0.6) is 5.75 Å². The SMILES string of the molecule is CCOC(=O)COc1cnc2ccccc2c1. The Balaban J connectivity index is 2.06. The van der Waals surface area contributed by atoms with Crippen molar-refractivity contribution in [3.05, 3.63) is 36.5 Å². The summed E-state index contributed by atoms with van der Waals surface area (Å²) in [4.78, 5) is 15.3. The zero-order valence-corrected chi connectivity index (χ0v) is 9.55. The van der Waals surface area contributed by atoms with E-state index < -0.39 is 0 Å². The van der Waals surface area contributed by atoms with E-state index in [1.165, 1.54) is 0 Å². The van der Waals surface area contributed by atoms with Gasteiger partial charge in [0.1, 0.15) is 5.75 Å². The maximum atomic E-state index is 11.1. The van der Waals surface area contributed by atoms with Gasteiger partial charge in [-0.15, -0.1) is 0 Å². The number of carbonyl (C=O) groups is 1. The minimum absolute atomic E-state index is 0.0894. The van der Waals surface area contributed by atoms with Crippen molar-refractivity contribution in [1.82, 2.24) is 4.98 Å². The summed E-state index contributed by atoms with van der Waals surface area (Å²) in [5, 5.41) is 0.980. The van der Waals surface area contributed by atoms with Crippen LogP contribution in [0.1, 0.15) is 6.92 Å². The first kappa shape index (κ1) is 11.4. The molecular formula is C13H13NO3. The van der Waals surface area contributed by atoms with E-state index in [-0.39, 0.29) is 12.6 Å². The van der Waals surface area contributed by atoms with Crippen molar-refractivity contribution in [3.63, 3.8) is 0 Å². The van der Waals surface area contributed by atoms with E-state index in [0.29, 0.717) is 12.4 Å². The highest BCUT2D eigenvalue weighted by molar-refractivity contribution is 5.79. The van der Waals surface area contributed by atoms with Gasteiger partial charge in [-0.05, 0) is 19.1 Å². The number of pyridine rings is 1. The molecule has 0 radical (unpaired) electrons. The van der Waals surface area contributed by atoms with Gasteiger partial charge in [0.15, 0.2) is 6.61 Å². The minimum Gasteiger partial charge on any atom is -0.480 e. The van der Waals surface area contributed by atoms with Crippen LogP contribution in [0.3, 0.4) is 0 Å². The van der Waals surface area contributed by atoms with Gasteiger partial charge in [0, 0.05) is 5.39 Å². The van der Waals surface area contributed by atoms with Crippen molar-refractivity contribution in [1.29, 1.82) is 0 Å². The van der Waals surface area contributed by atoms with Gasteiger partial charge in [0.25, 0.3) is 0 Å². The smallest absolute Gasteiger partial charge is 0.344 e. The third-order valence-electron chi connectivity index (χ3n) is 2.23. The van der Waals surface area contributed by atoms with Crippen LogP contribution in [0.2, 0.25) is 0 Å². The summed E-state index contributed by atoms with van der Waals surface area (Å²) in [6.07, 6.45) is 1.60. The van der Waals surface area contributed by atoms with Gasteiger partial charge < -0.3 is 9.47 Å². The molecule has 0 unspecified atom stereocenters. The zero-order chi connectivity index (χ0) is 12.1. The maximum Gasteiger partial charge on any atom is 0.344 e. The average molecular weight is 231 g/mol. The molecule has 4 nitrogen and oxygen atoms in total. The molecule has 2 aromatic rings. The number of carbonyl (C=O) groups excluding carboxylic acids is 1. The van der Waals surface area contributed by atoms with Gasteiger partial charge in [0.05, 0.1) is 18.3 Å². The molecule has 0 amide bonds. The van der Waals surface area contributed by atoms with Crippen LogP contribution in [0.25, 0.3) is 10.9 Å². The number of ether oxygens (including phenoxy) is 2. The Kier molecular flexibility index (Phi) is 3.55. The van der Waals surface area contributed by atoms with E-state index in [4.69, 9.17) is 9.47 Å². The summed E-state index contributed by atoms with van der Waals surface area (Å²) >= 11 is 0. The molecule has 0 aliphatic rings. The van der Waals surface area contributed by atoms with E-state index in [1.807, 2.05) is 30.3 Å². The summed E-state index contributed by atoms with van der Waals surface area (Å²) in [5.74, 6) is 0.192. The number of aromatic nitrogens is 1. The highest BCUT2D eigenvalue weighted by Crippen LogP contribution is 2.17. The lowest BCUT2D eigenvalue weighted by atomic mass is 10.2. The van der Waals surface area contributed by atoms with Crippen LogP contribution >= 0.6 is 0 Å². The highest BCUT2D eigenvalue weighted by Gasteiger charge is 2.03. The third-order valence-corrected chi connectivity index (χ3v) is 2.23. The molecule has 0 bridgehead atoms. The van der Waals surface area contributed by atoms with E-state index in [2.05, 4.69) is 4.98 Å². The molecule has 2 rings (SSSR count). The van der Waals surface area contributed by atoms with Gasteiger partial charge in [0.2, 0.25) is 0 Å². The van der Waals surface area contributed by atoms with Gasteiger partial charge in [-0.25, -0.2) is 4.79 Å². The fraction of sp³-hybridized carbons (Fsp3) is 0.231. The van der Waals surface area contributed by atoms with Crippen molar-refractivity contribution < 1.29 is 14.3 Å². The monoisotopic (exact) mass is 231 g/mol. The van der Waals surface area contributed by atoms with Crippen LogP contribution in [0.15, 0.2) is 36.5 Å². The molecular weight excluding hydrogens is 218 g/mol. The zero-order valence-electron chi connectivity index (χ0n) is 9.55. The predicted octanol–water partition coefficient (Wildman–Crippen LogP) is 2.18. The van der Waals surface area contributed by atoms with Crippen LogP contribution in [-0.2, 0) is 9.53 Å². The molecule has 88 valence electrons. The number of esters is 1. The molecule has 0 saturated carbocycles. The molecule has 0 fully saturated rings. The highest BCUT2D eigenvalue weighted by atomic mass is 16.6. The first-order chi connectivity index (χ1) is 8.29. The Morgan fingerprint density at radius 3 is 3.00 bits per heavy atom. The summed E-state index contributed by atoms with van der Waals surface area (Å²) in [7, 11) is 0. The number of hydrogen-bond acceptors (Lipinski definition) is 4. The van der Waals surface area contributed by atoms with Gasteiger partial charge in [-0.1, -0.05) is 18.2 Å². The van der Waals surface area contributed by atoms with E-state index in [1.54, 1.807) is 13.1 Å². The second kappa shape index (κ2) is 5.30. The summed E-state index contributed by atoms with van der Waals surface area (Å²) in [5.41, 5.74) is 0.899. The van der Waals surface area contributed by atoms with Gasteiger partial charge in [-0.2, -0.15) is 0 Å². The number of para-hydroxylation sites is 1. The van der Waals surface area contributed by atoms with Gasteiger partial charge in [-0.3, -0.25) is 4.98 Å². The fourth-order valence-electron chi connectivity index (χ4n) is 1.47. The van der Waals surface area contributed by atoms with Crippen LogP contribution < -0.4 is 4.74 Å². The Bertz CT molecular complexity index is 525. The topological polar surface area (TPSA) is 48.4 Å². The Labute approximate surface area is 99.2 Å². The van der Waals surface area contributed by atoms with Gasteiger partial charge >= 0.3 is 5.97 Å². The second-order valence-corrected chi connectivity index (χ2v) is 3.46.